The zero-order valence-electron chi connectivity index (χ0n) is 16.6. The van der Waals surface area contributed by atoms with E-state index in [9.17, 15) is 4.39 Å². The Balaban J connectivity index is 1.81. The van der Waals surface area contributed by atoms with Crippen molar-refractivity contribution in [3.63, 3.8) is 0 Å². The van der Waals surface area contributed by atoms with Crippen molar-refractivity contribution in [3.05, 3.63) is 65.0 Å². The lowest BCUT2D eigenvalue weighted by Crippen LogP contribution is -2.45. The summed E-state index contributed by atoms with van der Waals surface area (Å²) in [6.45, 7) is 7.92. The molecule has 5 heteroatoms. The van der Waals surface area contributed by atoms with Crippen LogP contribution in [-0.2, 0) is 6.54 Å². The van der Waals surface area contributed by atoms with Gasteiger partial charge in [0.25, 0.3) is 0 Å². The Morgan fingerprint density at radius 1 is 1.19 bits per heavy atom. The number of hydrogen-bond donors (Lipinski definition) is 0. The summed E-state index contributed by atoms with van der Waals surface area (Å²) < 4.78 is 22.0. The van der Waals surface area contributed by atoms with Crippen LogP contribution in [0.25, 0.3) is 0 Å². The summed E-state index contributed by atoms with van der Waals surface area (Å²) in [5.74, 6) is 0.854. The van der Waals surface area contributed by atoms with E-state index in [0.717, 1.165) is 25.2 Å². The predicted octanol–water partition coefficient (Wildman–Crippen LogP) is 5.09. The van der Waals surface area contributed by atoms with E-state index in [1.54, 1.807) is 19.1 Å². The molecule has 2 aromatic carbocycles. The minimum absolute atomic E-state index is 0.194. The van der Waals surface area contributed by atoms with Crippen LogP contribution in [0, 0.1) is 5.82 Å². The predicted molar refractivity (Wildman–Crippen MR) is 112 cm³/mol. The van der Waals surface area contributed by atoms with Crippen molar-refractivity contribution < 1.29 is 9.13 Å². The molecule has 1 aliphatic rings. The average molecular weight is 389 g/mol. The van der Waals surface area contributed by atoms with Gasteiger partial charge in [-0.3, -0.25) is 4.90 Å². The summed E-state index contributed by atoms with van der Waals surface area (Å²) >= 11 is 1.80. The van der Waals surface area contributed by atoms with Crippen LogP contribution in [0.1, 0.15) is 42.5 Å². The average Bonchev–Trinajstić information content (AvgIpc) is 2.69. The van der Waals surface area contributed by atoms with Gasteiger partial charge in [0.2, 0.25) is 0 Å². The molecule has 1 unspecified atom stereocenters. The zero-order chi connectivity index (χ0) is 19.4. The van der Waals surface area contributed by atoms with E-state index >= 15 is 0 Å². The fourth-order valence-corrected chi connectivity index (χ4v) is 4.50. The molecular formula is C22H29FN2OS. The third kappa shape index (κ3) is 4.65. The molecule has 0 N–H and O–H groups in total. The van der Waals surface area contributed by atoms with E-state index in [2.05, 4.69) is 53.6 Å². The van der Waals surface area contributed by atoms with Crippen molar-refractivity contribution in [2.24, 2.45) is 0 Å². The molecule has 1 atom stereocenters. The van der Waals surface area contributed by atoms with Gasteiger partial charge in [0, 0.05) is 37.8 Å². The summed E-state index contributed by atoms with van der Waals surface area (Å²) in [4.78, 5) is 2.36. The van der Waals surface area contributed by atoms with Gasteiger partial charge in [0.1, 0.15) is 11.6 Å². The van der Waals surface area contributed by atoms with Crippen molar-refractivity contribution >= 4 is 11.9 Å². The second-order valence-corrected chi connectivity index (χ2v) is 8.15. The fraction of sp³-hybridized carbons (Fsp3) is 0.455. The van der Waals surface area contributed by atoms with Crippen molar-refractivity contribution in [3.8, 4) is 5.75 Å². The van der Waals surface area contributed by atoms with E-state index in [1.165, 1.54) is 17.2 Å². The topological polar surface area (TPSA) is 15.7 Å². The molecule has 0 aromatic heterocycles. The standard InChI is InChI=1S/C22H29FN2OS/c1-16(2)19-7-5-6-8-20(19)22-15-24(11-12-25(22)27-4)14-17-9-10-18(26-3)13-21(17)23/h5-10,13,16,22H,11-12,14-15H2,1-4H3. The molecule has 3 rings (SSSR count). The summed E-state index contributed by atoms with van der Waals surface area (Å²) in [7, 11) is 1.56. The molecule has 3 nitrogen and oxygen atoms in total. The first-order valence-electron chi connectivity index (χ1n) is 9.47. The molecule has 0 saturated carbocycles. The highest BCUT2D eigenvalue weighted by atomic mass is 32.2. The van der Waals surface area contributed by atoms with Crippen LogP contribution in [0.4, 0.5) is 4.39 Å². The van der Waals surface area contributed by atoms with Crippen molar-refractivity contribution in [2.45, 2.75) is 32.4 Å². The van der Waals surface area contributed by atoms with E-state index in [4.69, 9.17) is 4.74 Å². The number of hydrogen-bond acceptors (Lipinski definition) is 4. The molecule has 1 aliphatic heterocycles. The highest BCUT2D eigenvalue weighted by Crippen LogP contribution is 2.35. The van der Waals surface area contributed by atoms with E-state index in [-0.39, 0.29) is 5.82 Å². The molecule has 0 aliphatic carbocycles. The largest absolute Gasteiger partial charge is 0.497 e. The maximum absolute atomic E-state index is 14.4. The molecule has 1 heterocycles. The van der Waals surface area contributed by atoms with Crippen LogP contribution < -0.4 is 4.74 Å². The van der Waals surface area contributed by atoms with Crippen LogP contribution in [0.2, 0.25) is 0 Å². The lowest BCUT2D eigenvalue weighted by Gasteiger charge is -2.41. The normalized spacial score (nSPS) is 18.8. The molecule has 0 amide bonds. The molecule has 0 bridgehead atoms. The van der Waals surface area contributed by atoms with Gasteiger partial charge in [-0.05, 0) is 29.4 Å². The minimum atomic E-state index is -0.194. The SMILES string of the molecule is COc1ccc(CN2CCN(SC)C(c3ccccc3C(C)C)C2)c(F)c1. The van der Waals surface area contributed by atoms with Crippen LogP contribution in [0.3, 0.4) is 0 Å². The lowest BCUT2D eigenvalue weighted by molar-refractivity contribution is 0.136. The van der Waals surface area contributed by atoms with Gasteiger partial charge >= 0.3 is 0 Å². The number of halogens is 1. The minimum Gasteiger partial charge on any atom is -0.497 e. The highest BCUT2D eigenvalue weighted by Gasteiger charge is 2.30. The molecular weight excluding hydrogens is 359 g/mol. The Kier molecular flexibility index (Phi) is 6.79. The summed E-state index contributed by atoms with van der Waals surface area (Å²) in [5.41, 5.74) is 3.52. The second-order valence-electron chi connectivity index (χ2n) is 7.32. The first kappa shape index (κ1) is 20.2. The number of nitrogens with zero attached hydrogens (tertiary/aromatic N) is 2. The number of methoxy groups -OCH3 is 1. The number of piperazine rings is 1. The van der Waals surface area contributed by atoms with Crippen LogP contribution in [0.15, 0.2) is 42.5 Å². The van der Waals surface area contributed by atoms with Crippen molar-refractivity contribution in [1.29, 1.82) is 0 Å². The Hall–Kier alpha value is -1.56. The molecule has 0 radical (unpaired) electrons. The van der Waals surface area contributed by atoms with Crippen molar-refractivity contribution in [2.75, 3.05) is 33.0 Å². The highest BCUT2D eigenvalue weighted by molar-refractivity contribution is 7.96. The maximum Gasteiger partial charge on any atom is 0.131 e. The third-order valence-corrected chi connectivity index (χ3v) is 6.19. The Bertz CT molecular complexity index is 768. The van der Waals surface area contributed by atoms with Crippen LogP contribution in [0.5, 0.6) is 5.75 Å². The van der Waals surface area contributed by atoms with Crippen molar-refractivity contribution in [1.82, 2.24) is 9.21 Å². The van der Waals surface area contributed by atoms with Crippen LogP contribution in [-0.4, -0.2) is 42.2 Å². The Labute approximate surface area is 166 Å². The molecule has 27 heavy (non-hydrogen) atoms. The molecule has 1 saturated heterocycles. The summed E-state index contributed by atoms with van der Waals surface area (Å²) in [6, 6.07) is 14.2. The molecule has 2 aromatic rings. The fourth-order valence-electron chi connectivity index (χ4n) is 3.80. The van der Waals surface area contributed by atoms with E-state index in [0.29, 0.717) is 24.3 Å². The van der Waals surface area contributed by atoms with E-state index < -0.39 is 0 Å². The second kappa shape index (κ2) is 9.09. The maximum atomic E-state index is 14.4. The van der Waals surface area contributed by atoms with Crippen LogP contribution >= 0.6 is 11.9 Å². The molecule has 1 fully saturated rings. The first-order valence-corrected chi connectivity index (χ1v) is 10.7. The van der Waals surface area contributed by atoms with Gasteiger partial charge < -0.3 is 4.74 Å². The Morgan fingerprint density at radius 2 is 1.96 bits per heavy atom. The Morgan fingerprint density at radius 3 is 2.63 bits per heavy atom. The number of rotatable bonds is 6. The van der Waals surface area contributed by atoms with Gasteiger partial charge in [-0.25, -0.2) is 8.70 Å². The van der Waals surface area contributed by atoms with Gasteiger partial charge in [0.05, 0.1) is 13.2 Å². The monoisotopic (exact) mass is 388 g/mol. The third-order valence-electron chi connectivity index (χ3n) is 5.28. The summed E-state index contributed by atoms with van der Waals surface area (Å²) in [6.07, 6.45) is 2.14. The smallest absolute Gasteiger partial charge is 0.131 e. The first-order chi connectivity index (χ1) is 13.0. The van der Waals surface area contributed by atoms with Gasteiger partial charge in [-0.1, -0.05) is 56.1 Å². The quantitative estimate of drug-likeness (QED) is 0.640. The number of benzene rings is 2. The molecule has 0 spiro atoms. The van der Waals surface area contributed by atoms with Gasteiger partial charge in [-0.2, -0.15) is 0 Å². The van der Waals surface area contributed by atoms with E-state index in [1.807, 2.05) is 12.1 Å². The zero-order valence-corrected chi connectivity index (χ0v) is 17.4. The number of ether oxygens (including phenoxy) is 1. The summed E-state index contributed by atoms with van der Waals surface area (Å²) in [5, 5.41) is 0. The van der Waals surface area contributed by atoms with Gasteiger partial charge in [0.15, 0.2) is 0 Å². The van der Waals surface area contributed by atoms with Gasteiger partial charge in [-0.15, -0.1) is 0 Å². The lowest BCUT2D eigenvalue weighted by atomic mass is 9.91. The molecule has 146 valence electrons.